The van der Waals surface area contributed by atoms with E-state index in [1.54, 1.807) is 0 Å². The summed E-state index contributed by atoms with van der Waals surface area (Å²) in [7, 11) is 0. The van der Waals surface area contributed by atoms with E-state index in [1.807, 2.05) is 11.8 Å². The molecule has 1 saturated heterocycles. The molecule has 1 amide bonds. The zero-order chi connectivity index (χ0) is 10.2. The fourth-order valence-electron chi connectivity index (χ4n) is 1.41. The molecule has 0 aromatic rings. The van der Waals surface area contributed by atoms with E-state index in [0.29, 0.717) is 0 Å². The summed E-state index contributed by atoms with van der Waals surface area (Å²) in [6, 6.07) is 0. The third kappa shape index (κ3) is 4.67. The average molecular weight is 214 g/mol. The van der Waals surface area contributed by atoms with Gasteiger partial charge in [-0.1, -0.05) is 6.58 Å². The van der Waals surface area contributed by atoms with Crippen LogP contribution in [0.2, 0.25) is 0 Å². The van der Waals surface area contributed by atoms with Gasteiger partial charge in [0, 0.05) is 31.1 Å². The molecule has 4 heteroatoms. The van der Waals surface area contributed by atoms with Crippen molar-refractivity contribution in [2.24, 2.45) is 0 Å². The van der Waals surface area contributed by atoms with Crippen LogP contribution in [-0.2, 0) is 4.79 Å². The SMILES string of the molecule is C=CC(=O)NCCCN1CCSCC1. The van der Waals surface area contributed by atoms with E-state index < -0.39 is 0 Å². The number of nitrogens with zero attached hydrogens (tertiary/aromatic N) is 1. The maximum Gasteiger partial charge on any atom is 0.243 e. The number of carbonyl (C=O) groups excluding carboxylic acids is 1. The van der Waals surface area contributed by atoms with Crippen LogP contribution in [0.25, 0.3) is 0 Å². The lowest BCUT2D eigenvalue weighted by Crippen LogP contribution is -2.35. The van der Waals surface area contributed by atoms with E-state index in [0.717, 1.165) is 19.5 Å². The number of thioether (sulfide) groups is 1. The van der Waals surface area contributed by atoms with Gasteiger partial charge in [0.15, 0.2) is 0 Å². The number of carbonyl (C=O) groups is 1. The highest BCUT2D eigenvalue weighted by Crippen LogP contribution is 2.08. The van der Waals surface area contributed by atoms with E-state index in [2.05, 4.69) is 16.8 Å². The molecule has 0 unspecified atom stereocenters. The molecular weight excluding hydrogens is 196 g/mol. The Balaban J connectivity index is 1.97. The maximum absolute atomic E-state index is 10.8. The summed E-state index contributed by atoms with van der Waals surface area (Å²) >= 11 is 2.02. The minimum atomic E-state index is -0.0702. The number of amides is 1. The third-order valence-electron chi connectivity index (χ3n) is 2.24. The number of rotatable bonds is 5. The van der Waals surface area contributed by atoms with Gasteiger partial charge in [-0.15, -0.1) is 0 Å². The summed E-state index contributed by atoms with van der Waals surface area (Å²) in [5.74, 6) is 2.43. The van der Waals surface area contributed by atoms with Crippen molar-refractivity contribution >= 4 is 17.7 Å². The van der Waals surface area contributed by atoms with E-state index in [-0.39, 0.29) is 5.91 Å². The predicted molar refractivity (Wildman–Crippen MR) is 61.6 cm³/mol. The van der Waals surface area contributed by atoms with Crippen molar-refractivity contribution in [3.63, 3.8) is 0 Å². The van der Waals surface area contributed by atoms with Gasteiger partial charge in [0.1, 0.15) is 0 Å². The van der Waals surface area contributed by atoms with Crippen LogP contribution in [0.4, 0.5) is 0 Å². The second kappa shape index (κ2) is 6.90. The Morgan fingerprint density at radius 2 is 2.21 bits per heavy atom. The lowest BCUT2D eigenvalue weighted by Gasteiger charge is -2.25. The van der Waals surface area contributed by atoms with E-state index >= 15 is 0 Å². The fourth-order valence-corrected chi connectivity index (χ4v) is 2.39. The molecule has 0 aliphatic carbocycles. The highest BCUT2D eigenvalue weighted by molar-refractivity contribution is 7.99. The van der Waals surface area contributed by atoms with Crippen LogP contribution in [0.1, 0.15) is 6.42 Å². The quantitative estimate of drug-likeness (QED) is 0.541. The predicted octanol–water partition coefficient (Wildman–Crippen LogP) is 0.727. The molecule has 14 heavy (non-hydrogen) atoms. The summed E-state index contributed by atoms with van der Waals surface area (Å²) in [5.41, 5.74) is 0. The molecule has 0 aromatic carbocycles. The topological polar surface area (TPSA) is 32.3 Å². The second-order valence-corrected chi connectivity index (χ2v) is 4.53. The van der Waals surface area contributed by atoms with Gasteiger partial charge in [-0.2, -0.15) is 11.8 Å². The minimum absolute atomic E-state index is 0.0702. The van der Waals surface area contributed by atoms with Gasteiger partial charge < -0.3 is 10.2 Å². The van der Waals surface area contributed by atoms with Crippen LogP contribution in [0.15, 0.2) is 12.7 Å². The Bertz CT molecular complexity index is 191. The molecule has 0 spiro atoms. The Morgan fingerprint density at radius 3 is 2.86 bits per heavy atom. The molecule has 1 fully saturated rings. The number of hydrogen-bond acceptors (Lipinski definition) is 3. The molecule has 1 aliphatic rings. The standard InChI is InChI=1S/C10H18N2OS/c1-2-10(13)11-4-3-5-12-6-8-14-9-7-12/h2H,1,3-9H2,(H,11,13). The molecule has 0 atom stereocenters. The van der Waals surface area contributed by atoms with E-state index in [1.165, 1.54) is 30.7 Å². The molecule has 1 aliphatic heterocycles. The van der Waals surface area contributed by atoms with Crippen molar-refractivity contribution in [2.45, 2.75) is 6.42 Å². The summed E-state index contributed by atoms with van der Waals surface area (Å²) in [5, 5.41) is 2.78. The van der Waals surface area contributed by atoms with Gasteiger partial charge >= 0.3 is 0 Å². The van der Waals surface area contributed by atoms with Crippen molar-refractivity contribution in [1.82, 2.24) is 10.2 Å². The average Bonchev–Trinajstić information content (AvgIpc) is 2.25. The van der Waals surface area contributed by atoms with Crippen LogP contribution in [0.5, 0.6) is 0 Å². The molecule has 0 radical (unpaired) electrons. The summed E-state index contributed by atoms with van der Waals surface area (Å²) < 4.78 is 0. The van der Waals surface area contributed by atoms with Gasteiger partial charge in [0.05, 0.1) is 0 Å². The van der Waals surface area contributed by atoms with Crippen molar-refractivity contribution in [3.05, 3.63) is 12.7 Å². The number of nitrogens with one attached hydrogen (secondary N) is 1. The molecule has 1 N–H and O–H groups in total. The van der Waals surface area contributed by atoms with Gasteiger partial charge in [0.2, 0.25) is 5.91 Å². The first-order valence-electron chi connectivity index (χ1n) is 5.03. The largest absolute Gasteiger partial charge is 0.353 e. The lowest BCUT2D eigenvalue weighted by atomic mass is 10.3. The monoisotopic (exact) mass is 214 g/mol. The smallest absolute Gasteiger partial charge is 0.243 e. The van der Waals surface area contributed by atoms with Crippen molar-refractivity contribution in [2.75, 3.05) is 37.7 Å². The Labute approximate surface area is 89.9 Å². The normalized spacial score (nSPS) is 17.7. The molecule has 3 nitrogen and oxygen atoms in total. The minimum Gasteiger partial charge on any atom is -0.353 e. The zero-order valence-electron chi connectivity index (χ0n) is 8.50. The van der Waals surface area contributed by atoms with Crippen LogP contribution in [0, 0.1) is 0 Å². The van der Waals surface area contributed by atoms with Crippen molar-refractivity contribution < 1.29 is 4.79 Å². The summed E-state index contributed by atoms with van der Waals surface area (Å²) in [4.78, 5) is 13.3. The van der Waals surface area contributed by atoms with Crippen LogP contribution >= 0.6 is 11.8 Å². The third-order valence-corrected chi connectivity index (χ3v) is 3.18. The van der Waals surface area contributed by atoms with Crippen LogP contribution < -0.4 is 5.32 Å². The second-order valence-electron chi connectivity index (χ2n) is 3.30. The summed E-state index contributed by atoms with van der Waals surface area (Å²) in [6.45, 7) is 7.65. The Hall–Kier alpha value is -0.480. The van der Waals surface area contributed by atoms with E-state index in [9.17, 15) is 4.79 Å². The van der Waals surface area contributed by atoms with Crippen LogP contribution in [-0.4, -0.2) is 48.5 Å². The van der Waals surface area contributed by atoms with Gasteiger partial charge in [-0.05, 0) is 19.0 Å². The molecule has 1 heterocycles. The van der Waals surface area contributed by atoms with Crippen LogP contribution in [0.3, 0.4) is 0 Å². The fraction of sp³-hybridized carbons (Fsp3) is 0.700. The van der Waals surface area contributed by atoms with E-state index in [4.69, 9.17) is 0 Å². The van der Waals surface area contributed by atoms with Crippen molar-refractivity contribution in [3.8, 4) is 0 Å². The molecule has 80 valence electrons. The Kier molecular flexibility index (Phi) is 5.71. The first-order chi connectivity index (χ1) is 6.83. The molecule has 1 rings (SSSR count). The number of hydrogen-bond donors (Lipinski definition) is 1. The molecular formula is C10H18N2OS. The lowest BCUT2D eigenvalue weighted by molar-refractivity contribution is -0.116. The van der Waals surface area contributed by atoms with Gasteiger partial charge in [0.25, 0.3) is 0 Å². The van der Waals surface area contributed by atoms with Crippen molar-refractivity contribution in [1.29, 1.82) is 0 Å². The highest BCUT2D eigenvalue weighted by atomic mass is 32.2. The first kappa shape index (κ1) is 11.6. The summed E-state index contributed by atoms with van der Waals surface area (Å²) in [6.07, 6.45) is 2.35. The molecule has 0 saturated carbocycles. The van der Waals surface area contributed by atoms with Gasteiger partial charge in [-0.3, -0.25) is 4.79 Å². The molecule has 0 aromatic heterocycles. The molecule has 0 bridgehead atoms. The van der Waals surface area contributed by atoms with Gasteiger partial charge in [-0.25, -0.2) is 0 Å². The Morgan fingerprint density at radius 1 is 1.50 bits per heavy atom. The highest BCUT2D eigenvalue weighted by Gasteiger charge is 2.08. The maximum atomic E-state index is 10.8. The zero-order valence-corrected chi connectivity index (χ0v) is 9.31. The first-order valence-corrected chi connectivity index (χ1v) is 6.19.